The van der Waals surface area contributed by atoms with Crippen LogP contribution in [0.25, 0.3) is 32.9 Å². The van der Waals surface area contributed by atoms with Gasteiger partial charge in [-0.1, -0.05) is 0 Å². The van der Waals surface area contributed by atoms with Crippen LogP contribution < -0.4 is 22.6 Å². The molecule has 0 atom stereocenters. The fourth-order valence-electron chi connectivity index (χ4n) is 3.55. The van der Waals surface area contributed by atoms with Crippen LogP contribution in [0.1, 0.15) is 0 Å². The normalized spacial score (nSPS) is 10.5. The monoisotopic (exact) mass is 905 g/mol. The predicted octanol–water partition coefficient (Wildman–Crippen LogP) is 7.08. The summed E-state index contributed by atoms with van der Waals surface area (Å²) >= 11 is 5.98. The number of nitro benzene ring substituents is 1. The number of nitrogens with zero attached hydrogens (tertiary/aromatic N) is 2. The number of nitro groups is 1. The molecule has 42 heavy (non-hydrogen) atoms. The first-order chi connectivity index (χ1) is 20.0. The lowest BCUT2D eigenvalue weighted by Gasteiger charge is -2.01. The van der Waals surface area contributed by atoms with Crippen LogP contribution in [0.5, 0.6) is 0 Å². The number of hydrogen-bond donors (Lipinski definition) is 1. The molecule has 3 heterocycles. The van der Waals surface area contributed by atoms with E-state index in [0.717, 1.165) is 14.3 Å². The fraction of sp³-hybridized carbons (Fsp3) is 0. The molecule has 12 nitrogen and oxygen atoms in total. The second-order valence-electron chi connectivity index (χ2n) is 8.11. The van der Waals surface area contributed by atoms with Crippen molar-refractivity contribution in [3.05, 3.63) is 130 Å². The molecule has 0 unspecified atom stereocenters. The molecular weight excluding hydrogens is 891 g/mol. The second kappa shape index (κ2) is 13.5. The standard InChI is InChI=1S/C9H4INO4.C9H4INO3.C9H6INO2/c10-9-5-1-4-8(12)15-7(5)3-2-6(9)11(13)14;10-9-5-1-4-8(12)14-7(5)3-2-6(9)11-13;10-9-5-1-4-8(12)13-7(5)3-2-6(9)11/h1-4H;1-4H;1-4H,11H2. The van der Waals surface area contributed by atoms with Gasteiger partial charge < -0.3 is 19.0 Å². The van der Waals surface area contributed by atoms with Gasteiger partial charge in [-0.25, -0.2) is 14.4 Å². The summed E-state index contributed by atoms with van der Waals surface area (Å²) in [7, 11) is 0. The summed E-state index contributed by atoms with van der Waals surface area (Å²) in [4.78, 5) is 53.3. The molecule has 6 aromatic rings. The van der Waals surface area contributed by atoms with E-state index in [0.29, 0.717) is 40.7 Å². The van der Waals surface area contributed by atoms with Crippen molar-refractivity contribution in [2.75, 3.05) is 5.73 Å². The Kier molecular flexibility index (Phi) is 10.0. The summed E-state index contributed by atoms with van der Waals surface area (Å²) in [5.41, 5.74) is 6.95. The number of rotatable bonds is 2. The van der Waals surface area contributed by atoms with Crippen molar-refractivity contribution >= 4 is 118 Å². The molecule has 3 aromatic heterocycles. The van der Waals surface area contributed by atoms with Crippen molar-refractivity contribution in [2.45, 2.75) is 0 Å². The van der Waals surface area contributed by atoms with E-state index in [9.17, 15) is 29.4 Å². The van der Waals surface area contributed by atoms with Crippen LogP contribution in [0, 0.1) is 25.7 Å². The number of hydrogen-bond acceptors (Lipinski definition) is 11. The Balaban J connectivity index is 0.000000145. The number of nitroso groups, excluding NO2 is 1. The van der Waals surface area contributed by atoms with Gasteiger partial charge in [-0.15, -0.1) is 4.91 Å². The summed E-state index contributed by atoms with van der Waals surface area (Å²) in [5, 5.41) is 15.7. The van der Waals surface area contributed by atoms with Crippen molar-refractivity contribution in [1.82, 2.24) is 0 Å². The summed E-state index contributed by atoms with van der Waals surface area (Å²) in [5.74, 6) is 0. The number of nitrogen functional groups attached to an aromatic ring is 1. The van der Waals surface area contributed by atoms with E-state index in [2.05, 4.69) is 27.8 Å². The summed E-state index contributed by atoms with van der Waals surface area (Å²) < 4.78 is 16.9. The van der Waals surface area contributed by atoms with Crippen molar-refractivity contribution in [3.8, 4) is 0 Å². The Hall–Kier alpha value is -3.72. The van der Waals surface area contributed by atoms with E-state index in [1.807, 2.05) is 45.2 Å². The average Bonchev–Trinajstić information content (AvgIpc) is 2.96. The van der Waals surface area contributed by atoms with E-state index in [4.69, 9.17) is 19.0 Å². The first-order valence-corrected chi connectivity index (χ1v) is 14.6. The summed E-state index contributed by atoms with van der Waals surface area (Å²) in [6.07, 6.45) is 0. The van der Waals surface area contributed by atoms with E-state index in [1.165, 1.54) is 42.5 Å². The molecule has 6 rings (SSSR count). The molecule has 15 heteroatoms. The molecule has 0 aliphatic carbocycles. The molecule has 2 N–H and O–H groups in total. The Morgan fingerprint density at radius 2 is 1.05 bits per heavy atom. The van der Waals surface area contributed by atoms with Gasteiger partial charge in [0.1, 0.15) is 26.0 Å². The zero-order valence-corrected chi connectivity index (χ0v) is 27.2. The minimum Gasteiger partial charge on any atom is -0.423 e. The van der Waals surface area contributed by atoms with Gasteiger partial charge in [-0.2, -0.15) is 0 Å². The van der Waals surface area contributed by atoms with Crippen LogP contribution in [0.3, 0.4) is 0 Å². The molecule has 0 aliphatic rings. The number of anilines is 1. The van der Waals surface area contributed by atoms with E-state index in [1.54, 1.807) is 30.3 Å². The number of fused-ring (bicyclic) bond motifs is 3. The maximum absolute atomic E-state index is 10.9. The SMILES string of the molecule is Nc1ccc2oc(=O)ccc2c1I.O=Nc1ccc2oc(=O)ccc2c1I.O=c1ccc2c(I)c([N+](=O)[O-])ccc2o1. The molecular formula is C27H14I3N3O9. The van der Waals surface area contributed by atoms with E-state index >= 15 is 0 Å². The van der Waals surface area contributed by atoms with Crippen LogP contribution >= 0.6 is 67.8 Å². The van der Waals surface area contributed by atoms with Crippen molar-refractivity contribution in [1.29, 1.82) is 0 Å². The topological polar surface area (TPSA) is 189 Å². The third kappa shape index (κ3) is 7.01. The molecule has 0 aliphatic heterocycles. The predicted molar refractivity (Wildman–Crippen MR) is 182 cm³/mol. The molecule has 0 radical (unpaired) electrons. The van der Waals surface area contributed by atoms with Gasteiger partial charge in [0.25, 0.3) is 5.69 Å². The van der Waals surface area contributed by atoms with Crippen LogP contribution in [-0.4, -0.2) is 4.92 Å². The van der Waals surface area contributed by atoms with Gasteiger partial charge >= 0.3 is 16.9 Å². The average molecular weight is 905 g/mol. The van der Waals surface area contributed by atoms with Crippen LogP contribution in [0.4, 0.5) is 17.1 Å². The Morgan fingerprint density at radius 1 is 0.619 bits per heavy atom. The molecule has 0 fully saturated rings. The highest BCUT2D eigenvalue weighted by Crippen LogP contribution is 2.29. The van der Waals surface area contributed by atoms with Crippen molar-refractivity contribution < 1.29 is 18.2 Å². The number of halogens is 3. The van der Waals surface area contributed by atoms with Gasteiger partial charge in [-0.05, 0) is 121 Å². The quantitative estimate of drug-likeness (QED) is 0.0470. The molecule has 212 valence electrons. The minimum atomic E-state index is -0.466. The van der Waals surface area contributed by atoms with Crippen molar-refractivity contribution in [3.63, 3.8) is 0 Å². The third-order valence-corrected chi connectivity index (χ3v) is 8.96. The van der Waals surface area contributed by atoms with Gasteiger partial charge in [-0.3, -0.25) is 10.1 Å². The largest absolute Gasteiger partial charge is 0.423 e. The smallest absolute Gasteiger partial charge is 0.336 e. The van der Waals surface area contributed by atoms with E-state index < -0.39 is 16.2 Å². The molecule has 0 saturated carbocycles. The Bertz CT molecular complexity index is 2180. The number of nitrogens with two attached hydrogens (primary N) is 1. The van der Waals surface area contributed by atoms with Crippen LogP contribution in [-0.2, 0) is 0 Å². The van der Waals surface area contributed by atoms with Gasteiger partial charge in [0.15, 0.2) is 0 Å². The highest BCUT2D eigenvalue weighted by atomic mass is 127. The number of benzene rings is 3. The zero-order valence-electron chi connectivity index (χ0n) is 20.7. The van der Waals surface area contributed by atoms with Gasteiger partial charge in [0.05, 0.1) is 8.49 Å². The first kappa shape index (κ1) is 31.2. The molecule has 0 amide bonds. The van der Waals surface area contributed by atoms with Crippen LogP contribution in [0.2, 0.25) is 0 Å². The maximum atomic E-state index is 10.9. The lowest BCUT2D eigenvalue weighted by molar-refractivity contribution is -0.385. The molecule has 0 saturated heterocycles. The van der Waals surface area contributed by atoms with Gasteiger partial charge in [0, 0.05) is 49.7 Å². The van der Waals surface area contributed by atoms with E-state index in [-0.39, 0.29) is 11.3 Å². The summed E-state index contributed by atoms with van der Waals surface area (Å²) in [6.45, 7) is 0. The molecule has 0 bridgehead atoms. The third-order valence-electron chi connectivity index (χ3n) is 5.49. The lowest BCUT2D eigenvalue weighted by Crippen LogP contribution is -1.97. The van der Waals surface area contributed by atoms with Gasteiger partial charge in [0.2, 0.25) is 0 Å². The van der Waals surface area contributed by atoms with Crippen molar-refractivity contribution in [2.24, 2.45) is 5.18 Å². The minimum absolute atomic E-state index is 0.0111. The van der Waals surface area contributed by atoms with Crippen LogP contribution in [0.15, 0.2) is 106 Å². The first-order valence-electron chi connectivity index (χ1n) is 11.4. The molecule has 3 aromatic carbocycles. The highest BCUT2D eigenvalue weighted by molar-refractivity contribution is 14.1. The highest BCUT2D eigenvalue weighted by Gasteiger charge is 2.15. The Labute approximate surface area is 274 Å². The molecule has 0 spiro atoms. The lowest BCUT2D eigenvalue weighted by atomic mass is 10.2. The Morgan fingerprint density at radius 3 is 1.52 bits per heavy atom. The fourth-order valence-corrected chi connectivity index (χ4v) is 5.72. The second-order valence-corrected chi connectivity index (χ2v) is 11.3. The summed E-state index contributed by atoms with van der Waals surface area (Å²) in [6, 6.07) is 18.1. The maximum Gasteiger partial charge on any atom is 0.336 e. The zero-order chi connectivity index (χ0) is 30.6.